The van der Waals surface area contributed by atoms with E-state index in [4.69, 9.17) is 14.2 Å². The molecule has 7 heteroatoms. The van der Waals surface area contributed by atoms with Crippen LogP contribution in [0.5, 0.6) is 17.2 Å². The van der Waals surface area contributed by atoms with E-state index in [-0.39, 0.29) is 6.03 Å². The maximum atomic E-state index is 12.1. The average Bonchev–Trinajstić information content (AvgIpc) is 2.71. The standard InChI is InChI=1S/C20H21N3O4/c1-25-15-8-9-16(18(13-15)26-2)23-20(24)22-11-12-27-17-7-3-5-14-6-4-10-21-19(14)17/h3-10,13H,11-12H2,1-2H3,(H2,22,23,24). The summed E-state index contributed by atoms with van der Waals surface area (Å²) in [7, 11) is 3.10. The van der Waals surface area contributed by atoms with Crippen molar-refractivity contribution in [3.63, 3.8) is 0 Å². The fraction of sp³-hybridized carbons (Fsp3) is 0.200. The number of urea groups is 1. The Morgan fingerprint density at radius 2 is 1.89 bits per heavy atom. The number of methoxy groups -OCH3 is 2. The number of anilines is 1. The normalized spacial score (nSPS) is 10.3. The van der Waals surface area contributed by atoms with E-state index in [1.165, 1.54) is 7.11 Å². The second-order valence-corrected chi connectivity index (χ2v) is 5.63. The van der Waals surface area contributed by atoms with Gasteiger partial charge < -0.3 is 24.8 Å². The van der Waals surface area contributed by atoms with Crippen LogP contribution in [-0.2, 0) is 0 Å². The number of amides is 2. The van der Waals surface area contributed by atoms with Crippen LogP contribution in [0.4, 0.5) is 10.5 Å². The summed E-state index contributed by atoms with van der Waals surface area (Å²) in [6.45, 7) is 0.663. The molecule has 0 saturated heterocycles. The molecule has 0 unspecified atom stereocenters. The molecule has 0 fully saturated rings. The number of nitrogens with one attached hydrogen (secondary N) is 2. The summed E-state index contributed by atoms with van der Waals surface area (Å²) in [6.07, 6.45) is 1.73. The maximum Gasteiger partial charge on any atom is 0.319 e. The molecule has 0 radical (unpaired) electrons. The van der Waals surface area contributed by atoms with Gasteiger partial charge >= 0.3 is 6.03 Å². The lowest BCUT2D eigenvalue weighted by atomic mass is 10.2. The highest BCUT2D eigenvalue weighted by atomic mass is 16.5. The van der Waals surface area contributed by atoms with E-state index in [2.05, 4.69) is 15.6 Å². The quantitative estimate of drug-likeness (QED) is 0.625. The van der Waals surface area contributed by atoms with Crippen LogP contribution in [0.1, 0.15) is 0 Å². The number of nitrogens with zero attached hydrogens (tertiary/aromatic N) is 1. The lowest BCUT2D eigenvalue weighted by Crippen LogP contribution is -2.32. The van der Waals surface area contributed by atoms with Crippen molar-refractivity contribution in [1.82, 2.24) is 10.3 Å². The Bertz CT molecular complexity index is 925. The summed E-state index contributed by atoms with van der Waals surface area (Å²) in [5.74, 6) is 1.85. The zero-order valence-electron chi connectivity index (χ0n) is 15.2. The molecule has 2 aromatic carbocycles. The van der Waals surface area contributed by atoms with E-state index >= 15 is 0 Å². The van der Waals surface area contributed by atoms with Crippen molar-refractivity contribution in [2.24, 2.45) is 0 Å². The Balaban J connectivity index is 1.51. The molecule has 27 heavy (non-hydrogen) atoms. The molecular weight excluding hydrogens is 346 g/mol. The van der Waals surface area contributed by atoms with Gasteiger partial charge in [0.2, 0.25) is 0 Å². The van der Waals surface area contributed by atoms with Crippen LogP contribution in [0.15, 0.2) is 54.7 Å². The lowest BCUT2D eigenvalue weighted by Gasteiger charge is -2.13. The highest BCUT2D eigenvalue weighted by molar-refractivity contribution is 5.91. The van der Waals surface area contributed by atoms with Gasteiger partial charge in [0, 0.05) is 17.6 Å². The smallest absolute Gasteiger partial charge is 0.319 e. The number of hydrogen-bond donors (Lipinski definition) is 2. The molecule has 3 aromatic rings. The number of rotatable bonds is 7. The third-order valence-corrected chi connectivity index (χ3v) is 3.90. The molecule has 0 aliphatic carbocycles. The molecule has 1 heterocycles. The maximum absolute atomic E-state index is 12.1. The van der Waals surface area contributed by atoms with Crippen LogP contribution in [0.2, 0.25) is 0 Å². The molecule has 0 spiro atoms. The van der Waals surface area contributed by atoms with Gasteiger partial charge in [-0.05, 0) is 24.3 Å². The molecule has 3 rings (SSSR count). The minimum atomic E-state index is -0.349. The summed E-state index contributed by atoms with van der Waals surface area (Å²) >= 11 is 0. The van der Waals surface area contributed by atoms with Crippen molar-refractivity contribution >= 4 is 22.6 Å². The summed E-state index contributed by atoms with van der Waals surface area (Å²) in [5, 5.41) is 6.50. The zero-order valence-corrected chi connectivity index (χ0v) is 15.2. The molecule has 140 valence electrons. The SMILES string of the molecule is COc1ccc(NC(=O)NCCOc2cccc3cccnc23)c(OC)c1. The van der Waals surface area contributed by atoms with E-state index in [0.29, 0.717) is 36.1 Å². The number of aromatic nitrogens is 1. The number of carbonyl (C=O) groups excluding carboxylic acids is 1. The average molecular weight is 367 g/mol. The first-order chi connectivity index (χ1) is 13.2. The number of hydrogen-bond acceptors (Lipinski definition) is 5. The number of carbonyl (C=O) groups is 1. The third-order valence-electron chi connectivity index (χ3n) is 3.90. The largest absolute Gasteiger partial charge is 0.497 e. The number of fused-ring (bicyclic) bond motifs is 1. The molecule has 0 bridgehead atoms. The van der Waals surface area contributed by atoms with Crippen LogP contribution in [0, 0.1) is 0 Å². The Kier molecular flexibility index (Phi) is 5.94. The van der Waals surface area contributed by atoms with Crippen molar-refractivity contribution in [2.45, 2.75) is 0 Å². The molecule has 0 aliphatic rings. The highest BCUT2D eigenvalue weighted by Gasteiger charge is 2.09. The van der Waals surface area contributed by atoms with Gasteiger partial charge in [-0.25, -0.2) is 4.79 Å². The Labute approximate surface area is 157 Å². The molecule has 7 nitrogen and oxygen atoms in total. The summed E-state index contributed by atoms with van der Waals surface area (Å²) in [6, 6.07) is 14.4. The third kappa shape index (κ3) is 4.58. The predicted octanol–water partition coefficient (Wildman–Crippen LogP) is 3.45. The van der Waals surface area contributed by atoms with Gasteiger partial charge in [0.05, 0.1) is 26.5 Å². The molecule has 0 aliphatic heterocycles. The molecule has 1 aromatic heterocycles. The van der Waals surface area contributed by atoms with Gasteiger partial charge in [-0.3, -0.25) is 4.98 Å². The second kappa shape index (κ2) is 8.75. The Morgan fingerprint density at radius 3 is 2.70 bits per heavy atom. The Morgan fingerprint density at radius 1 is 1.04 bits per heavy atom. The number of pyridine rings is 1. The fourth-order valence-corrected chi connectivity index (χ4v) is 2.59. The zero-order chi connectivity index (χ0) is 19.1. The van der Waals surface area contributed by atoms with E-state index in [0.717, 1.165) is 10.9 Å². The van der Waals surface area contributed by atoms with Gasteiger partial charge in [0.1, 0.15) is 29.4 Å². The first-order valence-corrected chi connectivity index (χ1v) is 8.44. The first-order valence-electron chi connectivity index (χ1n) is 8.44. The van der Waals surface area contributed by atoms with E-state index in [1.54, 1.807) is 31.5 Å². The monoisotopic (exact) mass is 367 g/mol. The molecule has 0 atom stereocenters. The van der Waals surface area contributed by atoms with Crippen LogP contribution >= 0.6 is 0 Å². The number of para-hydroxylation sites is 1. The second-order valence-electron chi connectivity index (χ2n) is 5.63. The van der Waals surface area contributed by atoms with Gasteiger partial charge in [0.25, 0.3) is 0 Å². The number of benzene rings is 2. The van der Waals surface area contributed by atoms with Crippen molar-refractivity contribution in [2.75, 3.05) is 32.7 Å². The molecule has 0 saturated carbocycles. The van der Waals surface area contributed by atoms with Crippen LogP contribution < -0.4 is 24.8 Å². The van der Waals surface area contributed by atoms with E-state index in [1.807, 2.05) is 30.3 Å². The van der Waals surface area contributed by atoms with Crippen molar-refractivity contribution in [1.29, 1.82) is 0 Å². The highest BCUT2D eigenvalue weighted by Crippen LogP contribution is 2.28. The van der Waals surface area contributed by atoms with Gasteiger partial charge in [-0.2, -0.15) is 0 Å². The van der Waals surface area contributed by atoms with Gasteiger partial charge in [-0.1, -0.05) is 18.2 Å². The summed E-state index contributed by atoms with van der Waals surface area (Å²) < 4.78 is 16.1. The van der Waals surface area contributed by atoms with Crippen LogP contribution in [0.25, 0.3) is 10.9 Å². The fourth-order valence-electron chi connectivity index (χ4n) is 2.59. The minimum Gasteiger partial charge on any atom is -0.497 e. The lowest BCUT2D eigenvalue weighted by molar-refractivity contribution is 0.247. The predicted molar refractivity (Wildman–Crippen MR) is 104 cm³/mol. The van der Waals surface area contributed by atoms with Crippen molar-refractivity contribution in [3.8, 4) is 17.2 Å². The first kappa shape index (κ1) is 18.3. The van der Waals surface area contributed by atoms with Crippen molar-refractivity contribution in [3.05, 3.63) is 54.7 Å². The molecule has 2 amide bonds. The van der Waals surface area contributed by atoms with E-state index in [9.17, 15) is 4.79 Å². The summed E-state index contributed by atoms with van der Waals surface area (Å²) in [4.78, 5) is 16.4. The summed E-state index contributed by atoms with van der Waals surface area (Å²) in [5.41, 5.74) is 1.35. The molecule has 2 N–H and O–H groups in total. The van der Waals surface area contributed by atoms with Gasteiger partial charge in [-0.15, -0.1) is 0 Å². The van der Waals surface area contributed by atoms with Gasteiger partial charge in [0.15, 0.2) is 0 Å². The van der Waals surface area contributed by atoms with Crippen molar-refractivity contribution < 1.29 is 19.0 Å². The number of ether oxygens (including phenoxy) is 3. The topological polar surface area (TPSA) is 81.7 Å². The minimum absolute atomic E-state index is 0.322. The van der Waals surface area contributed by atoms with Crippen LogP contribution in [-0.4, -0.2) is 38.4 Å². The Hall–Kier alpha value is -3.48. The van der Waals surface area contributed by atoms with E-state index < -0.39 is 0 Å². The molecular formula is C20H21N3O4. The van der Waals surface area contributed by atoms with Crippen LogP contribution in [0.3, 0.4) is 0 Å².